The van der Waals surface area contributed by atoms with E-state index in [1.807, 2.05) is 6.07 Å². The number of rotatable bonds is 6. The van der Waals surface area contributed by atoms with E-state index in [9.17, 15) is 0 Å². The van der Waals surface area contributed by atoms with Crippen molar-refractivity contribution >= 4 is 38.5 Å². The minimum atomic E-state index is 0.593. The van der Waals surface area contributed by atoms with Gasteiger partial charge in [0.25, 0.3) is 0 Å². The van der Waals surface area contributed by atoms with Crippen molar-refractivity contribution < 1.29 is 4.74 Å². The highest BCUT2D eigenvalue weighted by Gasteiger charge is 2.21. The fourth-order valence-corrected chi connectivity index (χ4v) is 3.01. The highest BCUT2D eigenvalue weighted by Crippen LogP contribution is 2.30. The van der Waals surface area contributed by atoms with E-state index in [0.29, 0.717) is 12.6 Å². The zero-order chi connectivity index (χ0) is 14.7. The summed E-state index contributed by atoms with van der Waals surface area (Å²) in [4.78, 5) is 0. The van der Waals surface area contributed by atoms with Crippen molar-refractivity contribution in [3.05, 3.63) is 61.6 Å². The molecule has 110 valence electrons. The standard InChI is InChI=1S/C17H17BrINO/c18-16-3-1-2-13(10-20-15-8-9-15)17(16)21-11-12-4-6-14(19)7-5-12/h1-7,15,20H,8-11H2. The maximum absolute atomic E-state index is 6.06. The molecule has 2 nitrogen and oxygen atoms in total. The average Bonchev–Trinajstić information content (AvgIpc) is 3.30. The van der Waals surface area contributed by atoms with E-state index in [2.05, 4.69) is 80.2 Å². The summed E-state index contributed by atoms with van der Waals surface area (Å²) < 4.78 is 8.32. The average molecular weight is 458 g/mol. The lowest BCUT2D eigenvalue weighted by molar-refractivity contribution is 0.300. The summed E-state index contributed by atoms with van der Waals surface area (Å²) in [5, 5.41) is 3.54. The number of ether oxygens (including phenoxy) is 1. The van der Waals surface area contributed by atoms with Gasteiger partial charge in [-0.3, -0.25) is 0 Å². The molecule has 0 radical (unpaired) electrons. The second kappa shape index (κ2) is 7.11. The molecule has 1 aliphatic rings. The molecule has 0 spiro atoms. The van der Waals surface area contributed by atoms with Crippen LogP contribution in [0.1, 0.15) is 24.0 Å². The monoisotopic (exact) mass is 457 g/mol. The Morgan fingerprint density at radius 3 is 2.62 bits per heavy atom. The van der Waals surface area contributed by atoms with Crippen LogP contribution in [-0.4, -0.2) is 6.04 Å². The molecule has 0 aromatic heterocycles. The highest BCUT2D eigenvalue weighted by molar-refractivity contribution is 14.1. The van der Waals surface area contributed by atoms with Gasteiger partial charge in [0.2, 0.25) is 0 Å². The Morgan fingerprint density at radius 2 is 1.90 bits per heavy atom. The topological polar surface area (TPSA) is 21.3 Å². The number of nitrogens with one attached hydrogen (secondary N) is 1. The molecule has 0 bridgehead atoms. The second-order valence-corrected chi connectivity index (χ2v) is 7.40. The minimum absolute atomic E-state index is 0.593. The number of hydrogen-bond acceptors (Lipinski definition) is 2. The first-order valence-corrected chi connectivity index (χ1v) is 8.97. The first-order chi connectivity index (χ1) is 10.2. The molecular formula is C17H17BrINO. The lowest BCUT2D eigenvalue weighted by Crippen LogP contribution is -2.16. The third kappa shape index (κ3) is 4.44. The highest BCUT2D eigenvalue weighted by atomic mass is 127. The van der Waals surface area contributed by atoms with Gasteiger partial charge in [0.05, 0.1) is 4.47 Å². The van der Waals surface area contributed by atoms with E-state index in [-0.39, 0.29) is 0 Å². The van der Waals surface area contributed by atoms with Gasteiger partial charge in [-0.05, 0) is 75.1 Å². The Balaban J connectivity index is 1.69. The summed E-state index contributed by atoms with van der Waals surface area (Å²) in [6.45, 7) is 1.46. The van der Waals surface area contributed by atoms with Crippen LogP contribution >= 0.6 is 38.5 Å². The van der Waals surface area contributed by atoms with Crippen molar-refractivity contribution in [3.63, 3.8) is 0 Å². The van der Waals surface area contributed by atoms with E-state index in [0.717, 1.165) is 16.8 Å². The van der Waals surface area contributed by atoms with E-state index in [4.69, 9.17) is 4.74 Å². The number of benzene rings is 2. The summed E-state index contributed by atoms with van der Waals surface area (Å²) in [5.41, 5.74) is 2.40. The van der Waals surface area contributed by atoms with Crippen molar-refractivity contribution in [1.82, 2.24) is 5.32 Å². The Hall–Kier alpha value is -0.590. The van der Waals surface area contributed by atoms with Crippen molar-refractivity contribution in [3.8, 4) is 5.75 Å². The van der Waals surface area contributed by atoms with E-state index in [1.54, 1.807) is 0 Å². The van der Waals surface area contributed by atoms with Crippen LogP contribution in [0.5, 0.6) is 5.75 Å². The second-order valence-electron chi connectivity index (χ2n) is 5.30. The summed E-state index contributed by atoms with van der Waals surface area (Å²) in [7, 11) is 0. The molecule has 1 fully saturated rings. The van der Waals surface area contributed by atoms with Gasteiger partial charge in [-0.15, -0.1) is 0 Å². The molecule has 0 saturated heterocycles. The Bertz CT molecular complexity index is 611. The van der Waals surface area contributed by atoms with Crippen LogP contribution in [0.25, 0.3) is 0 Å². The van der Waals surface area contributed by atoms with Gasteiger partial charge in [-0.2, -0.15) is 0 Å². The first kappa shape index (κ1) is 15.3. The minimum Gasteiger partial charge on any atom is -0.487 e. The van der Waals surface area contributed by atoms with Crippen molar-refractivity contribution in [2.75, 3.05) is 0 Å². The molecule has 0 aliphatic heterocycles. The third-order valence-corrected chi connectivity index (χ3v) is 4.85. The predicted octanol–water partition coefficient (Wildman–Crippen LogP) is 4.88. The Kier molecular flexibility index (Phi) is 5.19. The van der Waals surface area contributed by atoms with Crippen LogP contribution in [0.15, 0.2) is 46.9 Å². The van der Waals surface area contributed by atoms with Crippen LogP contribution in [0, 0.1) is 3.57 Å². The summed E-state index contributed by atoms with van der Waals surface area (Å²) in [6, 6.07) is 15.4. The van der Waals surface area contributed by atoms with E-state index >= 15 is 0 Å². The molecule has 2 aromatic rings. The number of para-hydroxylation sites is 1. The van der Waals surface area contributed by atoms with Crippen LogP contribution < -0.4 is 10.1 Å². The van der Waals surface area contributed by atoms with Gasteiger partial charge >= 0.3 is 0 Å². The number of halogens is 2. The maximum atomic E-state index is 6.06. The van der Waals surface area contributed by atoms with Crippen LogP contribution in [0.2, 0.25) is 0 Å². The molecular weight excluding hydrogens is 441 g/mol. The van der Waals surface area contributed by atoms with Crippen molar-refractivity contribution in [1.29, 1.82) is 0 Å². The smallest absolute Gasteiger partial charge is 0.138 e. The molecule has 1 saturated carbocycles. The molecule has 2 aromatic carbocycles. The fraction of sp³-hybridized carbons (Fsp3) is 0.294. The lowest BCUT2D eigenvalue weighted by Gasteiger charge is -2.14. The van der Waals surface area contributed by atoms with E-state index < -0.39 is 0 Å². The van der Waals surface area contributed by atoms with Gasteiger partial charge in [0.15, 0.2) is 0 Å². The van der Waals surface area contributed by atoms with Gasteiger partial charge in [0, 0.05) is 21.7 Å². The Morgan fingerprint density at radius 1 is 1.14 bits per heavy atom. The van der Waals surface area contributed by atoms with Crippen molar-refractivity contribution in [2.45, 2.75) is 32.0 Å². The molecule has 3 rings (SSSR count). The van der Waals surface area contributed by atoms with Gasteiger partial charge in [-0.25, -0.2) is 0 Å². The number of hydrogen-bond donors (Lipinski definition) is 1. The summed E-state index contributed by atoms with van der Waals surface area (Å²) in [6.07, 6.45) is 2.60. The predicted molar refractivity (Wildman–Crippen MR) is 97.5 cm³/mol. The molecule has 0 amide bonds. The van der Waals surface area contributed by atoms with E-state index in [1.165, 1.54) is 27.5 Å². The molecule has 1 N–H and O–H groups in total. The first-order valence-electron chi connectivity index (χ1n) is 7.10. The van der Waals surface area contributed by atoms with Crippen LogP contribution in [0.3, 0.4) is 0 Å². The lowest BCUT2D eigenvalue weighted by atomic mass is 10.2. The van der Waals surface area contributed by atoms with Crippen molar-refractivity contribution in [2.24, 2.45) is 0 Å². The molecule has 0 atom stereocenters. The van der Waals surface area contributed by atoms with Crippen LogP contribution in [0.4, 0.5) is 0 Å². The van der Waals surface area contributed by atoms with Gasteiger partial charge in [0.1, 0.15) is 12.4 Å². The zero-order valence-electron chi connectivity index (χ0n) is 11.6. The van der Waals surface area contributed by atoms with Gasteiger partial charge in [-0.1, -0.05) is 24.3 Å². The molecule has 21 heavy (non-hydrogen) atoms. The Labute approximate surface area is 147 Å². The summed E-state index contributed by atoms with van der Waals surface area (Å²) >= 11 is 5.91. The maximum Gasteiger partial charge on any atom is 0.138 e. The van der Waals surface area contributed by atoms with Gasteiger partial charge < -0.3 is 10.1 Å². The third-order valence-electron chi connectivity index (χ3n) is 3.50. The van der Waals surface area contributed by atoms with Crippen LogP contribution in [-0.2, 0) is 13.2 Å². The quantitative estimate of drug-likeness (QED) is 0.624. The largest absolute Gasteiger partial charge is 0.487 e. The fourth-order valence-electron chi connectivity index (χ4n) is 2.13. The molecule has 1 aliphatic carbocycles. The SMILES string of the molecule is Brc1cccc(CNC2CC2)c1OCc1ccc(I)cc1. The molecule has 0 unspecified atom stereocenters. The summed E-state index contributed by atoms with van der Waals surface area (Å²) in [5.74, 6) is 0.948. The zero-order valence-corrected chi connectivity index (χ0v) is 15.4. The molecule has 4 heteroatoms. The molecule has 0 heterocycles. The normalized spacial score (nSPS) is 14.2.